The maximum absolute atomic E-state index is 11.5. The first-order chi connectivity index (χ1) is 7.98. The van der Waals surface area contributed by atoms with E-state index in [4.69, 9.17) is 0 Å². The fraction of sp³-hybridized carbons (Fsp3) is 0.900. The summed E-state index contributed by atoms with van der Waals surface area (Å²) in [6.45, 7) is 2.10. The second-order valence-electron chi connectivity index (χ2n) is 4.19. The summed E-state index contributed by atoms with van der Waals surface area (Å²) in [7, 11) is -2.01. The number of hydrogen-bond donors (Lipinski definition) is 2. The topological polar surface area (TPSA) is 84.5 Å². The summed E-state index contributed by atoms with van der Waals surface area (Å²) < 4.78 is 32.6. The van der Waals surface area contributed by atoms with Gasteiger partial charge in [-0.05, 0) is 25.7 Å². The van der Waals surface area contributed by atoms with Crippen molar-refractivity contribution in [2.24, 2.45) is 5.92 Å². The number of ether oxygens (including phenoxy) is 1. The largest absolute Gasteiger partial charge is 0.469 e. The zero-order valence-corrected chi connectivity index (χ0v) is 11.0. The number of carbonyl (C=O) groups is 1. The van der Waals surface area contributed by atoms with Crippen molar-refractivity contribution in [1.29, 1.82) is 0 Å². The van der Waals surface area contributed by atoms with E-state index in [0.29, 0.717) is 32.2 Å². The Balaban J connectivity index is 2.40. The van der Waals surface area contributed by atoms with E-state index in [1.165, 1.54) is 7.11 Å². The van der Waals surface area contributed by atoms with E-state index in [1.807, 2.05) is 0 Å². The van der Waals surface area contributed by atoms with Crippen molar-refractivity contribution in [3.05, 3.63) is 0 Å². The van der Waals surface area contributed by atoms with Crippen LogP contribution >= 0.6 is 0 Å². The molecule has 6 nitrogen and oxygen atoms in total. The van der Waals surface area contributed by atoms with Gasteiger partial charge in [0.15, 0.2) is 0 Å². The highest BCUT2D eigenvalue weighted by Crippen LogP contribution is 2.25. The van der Waals surface area contributed by atoms with Gasteiger partial charge in [0.05, 0.1) is 13.0 Å². The van der Waals surface area contributed by atoms with Gasteiger partial charge in [-0.15, -0.1) is 0 Å². The highest BCUT2D eigenvalue weighted by molar-refractivity contribution is 7.87. The van der Waals surface area contributed by atoms with Crippen molar-refractivity contribution in [2.45, 2.75) is 38.6 Å². The first-order valence-corrected chi connectivity index (χ1v) is 7.31. The summed E-state index contributed by atoms with van der Waals surface area (Å²) in [5, 5.41) is 0. The maximum atomic E-state index is 11.5. The van der Waals surface area contributed by atoms with Crippen LogP contribution < -0.4 is 9.44 Å². The molecule has 17 heavy (non-hydrogen) atoms. The fourth-order valence-electron chi connectivity index (χ4n) is 2.06. The van der Waals surface area contributed by atoms with Gasteiger partial charge < -0.3 is 4.74 Å². The number of rotatable bonds is 5. The quantitative estimate of drug-likeness (QED) is 0.693. The minimum Gasteiger partial charge on any atom is -0.469 e. The van der Waals surface area contributed by atoms with Gasteiger partial charge in [0.2, 0.25) is 0 Å². The molecule has 1 aliphatic rings. The van der Waals surface area contributed by atoms with E-state index in [2.05, 4.69) is 14.2 Å². The number of hydrogen-bond acceptors (Lipinski definition) is 4. The van der Waals surface area contributed by atoms with Crippen LogP contribution in [0.1, 0.15) is 32.6 Å². The smallest absolute Gasteiger partial charge is 0.308 e. The lowest BCUT2D eigenvalue weighted by Crippen LogP contribution is -2.44. The fourth-order valence-corrected chi connectivity index (χ4v) is 3.20. The van der Waals surface area contributed by atoms with Crippen molar-refractivity contribution < 1.29 is 17.9 Å². The van der Waals surface area contributed by atoms with Crippen molar-refractivity contribution in [3.8, 4) is 0 Å². The molecule has 0 spiro atoms. The first kappa shape index (κ1) is 14.4. The second kappa shape index (κ2) is 6.32. The van der Waals surface area contributed by atoms with Crippen LogP contribution in [0.3, 0.4) is 0 Å². The third-order valence-electron chi connectivity index (χ3n) is 2.92. The Morgan fingerprint density at radius 3 is 2.35 bits per heavy atom. The molecule has 0 atom stereocenters. The Morgan fingerprint density at radius 1 is 1.29 bits per heavy atom. The monoisotopic (exact) mass is 264 g/mol. The summed E-state index contributed by atoms with van der Waals surface area (Å²) in [6.07, 6.45) is 2.69. The molecule has 1 saturated carbocycles. The van der Waals surface area contributed by atoms with Crippen LogP contribution in [0.4, 0.5) is 0 Å². The molecule has 1 aliphatic carbocycles. The van der Waals surface area contributed by atoms with Crippen LogP contribution in [-0.2, 0) is 19.7 Å². The molecule has 0 saturated heterocycles. The molecular formula is C10H20N2O4S. The number of esters is 1. The molecule has 0 heterocycles. The van der Waals surface area contributed by atoms with E-state index < -0.39 is 10.2 Å². The standard InChI is InChI=1S/C10H20N2O4S/c1-3-11-17(14,15)12-9-6-4-8(5-7-9)10(13)16-2/h8-9,11-12H,3-7H2,1-2H3. The predicted molar refractivity (Wildman–Crippen MR) is 63.5 cm³/mol. The minimum absolute atomic E-state index is 0.0834. The Labute approximate surface area is 102 Å². The van der Waals surface area contributed by atoms with Gasteiger partial charge in [-0.25, -0.2) is 4.72 Å². The maximum Gasteiger partial charge on any atom is 0.308 e. The van der Waals surface area contributed by atoms with E-state index in [9.17, 15) is 13.2 Å². The van der Waals surface area contributed by atoms with Gasteiger partial charge in [-0.2, -0.15) is 13.1 Å². The zero-order chi connectivity index (χ0) is 12.9. The van der Waals surface area contributed by atoms with Gasteiger partial charge in [0, 0.05) is 12.6 Å². The summed E-state index contributed by atoms with van der Waals surface area (Å²) in [5.41, 5.74) is 0. The van der Waals surface area contributed by atoms with E-state index >= 15 is 0 Å². The minimum atomic E-state index is -3.39. The van der Waals surface area contributed by atoms with Crippen LogP contribution in [0.25, 0.3) is 0 Å². The van der Waals surface area contributed by atoms with Crippen molar-refractivity contribution in [1.82, 2.24) is 9.44 Å². The predicted octanol–water partition coefficient (Wildman–Crippen LogP) is 0.162. The van der Waals surface area contributed by atoms with E-state index in [-0.39, 0.29) is 17.9 Å². The number of nitrogens with one attached hydrogen (secondary N) is 2. The molecule has 0 amide bonds. The average molecular weight is 264 g/mol. The van der Waals surface area contributed by atoms with E-state index in [0.717, 1.165) is 0 Å². The number of methoxy groups -OCH3 is 1. The van der Waals surface area contributed by atoms with Gasteiger partial charge in [-0.3, -0.25) is 4.79 Å². The summed E-state index contributed by atoms with van der Waals surface area (Å²) in [4.78, 5) is 11.3. The van der Waals surface area contributed by atoms with Crippen molar-refractivity contribution >= 4 is 16.2 Å². The molecule has 0 unspecified atom stereocenters. The third kappa shape index (κ3) is 4.61. The molecule has 0 bridgehead atoms. The summed E-state index contributed by atoms with van der Waals surface area (Å²) >= 11 is 0. The lowest BCUT2D eigenvalue weighted by atomic mass is 9.86. The Hall–Kier alpha value is -0.660. The Bertz CT molecular complexity index is 347. The molecule has 0 radical (unpaired) electrons. The SMILES string of the molecule is CCNS(=O)(=O)NC1CCC(C(=O)OC)CC1. The van der Waals surface area contributed by atoms with Crippen LogP contribution in [0.15, 0.2) is 0 Å². The average Bonchev–Trinajstić information content (AvgIpc) is 2.28. The van der Waals surface area contributed by atoms with Crippen LogP contribution in [0.2, 0.25) is 0 Å². The molecule has 0 aromatic heterocycles. The van der Waals surface area contributed by atoms with Crippen LogP contribution in [0.5, 0.6) is 0 Å². The molecule has 0 aromatic rings. The normalized spacial score (nSPS) is 25.5. The molecule has 0 aliphatic heterocycles. The summed E-state index contributed by atoms with van der Waals surface area (Å²) in [5.74, 6) is -0.280. The lowest BCUT2D eigenvalue weighted by Gasteiger charge is -2.27. The zero-order valence-electron chi connectivity index (χ0n) is 10.2. The Kier molecular flexibility index (Phi) is 5.35. The lowest BCUT2D eigenvalue weighted by molar-refractivity contribution is -0.146. The van der Waals surface area contributed by atoms with Crippen molar-refractivity contribution in [3.63, 3.8) is 0 Å². The molecule has 0 aromatic carbocycles. The second-order valence-corrected chi connectivity index (χ2v) is 5.72. The highest BCUT2D eigenvalue weighted by atomic mass is 32.2. The molecular weight excluding hydrogens is 244 g/mol. The Morgan fingerprint density at radius 2 is 1.88 bits per heavy atom. The summed E-state index contributed by atoms with van der Waals surface area (Å²) in [6, 6.07) is -0.0834. The molecule has 1 fully saturated rings. The molecule has 100 valence electrons. The third-order valence-corrected chi connectivity index (χ3v) is 4.23. The van der Waals surface area contributed by atoms with Crippen LogP contribution in [-0.4, -0.2) is 34.1 Å². The highest BCUT2D eigenvalue weighted by Gasteiger charge is 2.28. The molecule has 7 heteroatoms. The number of carbonyl (C=O) groups excluding carboxylic acids is 1. The van der Waals surface area contributed by atoms with Crippen molar-refractivity contribution in [2.75, 3.05) is 13.7 Å². The van der Waals surface area contributed by atoms with Gasteiger partial charge in [0.25, 0.3) is 10.2 Å². The van der Waals surface area contributed by atoms with Gasteiger partial charge >= 0.3 is 5.97 Å². The van der Waals surface area contributed by atoms with E-state index in [1.54, 1.807) is 6.92 Å². The first-order valence-electron chi connectivity index (χ1n) is 5.83. The molecule has 2 N–H and O–H groups in total. The van der Waals surface area contributed by atoms with Gasteiger partial charge in [0.1, 0.15) is 0 Å². The van der Waals surface area contributed by atoms with Crippen LogP contribution in [0, 0.1) is 5.92 Å². The molecule has 1 rings (SSSR count). The van der Waals surface area contributed by atoms with Gasteiger partial charge in [-0.1, -0.05) is 6.92 Å².